The SMILES string of the molecule is NC[C@H]1CCC[C@H]1C(=O)Nc1ccc(OCc2cccnc2)c(Cl)c1. The number of nitrogens with one attached hydrogen (secondary N) is 1. The lowest BCUT2D eigenvalue weighted by Gasteiger charge is -2.17. The summed E-state index contributed by atoms with van der Waals surface area (Å²) in [6, 6.07) is 9.07. The number of carbonyl (C=O) groups is 1. The molecule has 0 unspecified atom stereocenters. The Labute approximate surface area is 152 Å². The smallest absolute Gasteiger partial charge is 0.227 e. The highest BCUT2D eigenvalue weighted by Gasteiger charge is 2.31. The number of carbonyl (C=O) groups excluding carboxylic acids is 1. The third kappa shape index (κ3) is 4.50. The predicted molar refractivity (Wildman–Crippen MR) is 98.5 cm³/mol. The van der Waals surface area contributed by atoms with Crippen LogP contribution in [-0.2, 0) is 11.4 Å². The molecule has 0 aliphatic heterocycles. The Kier molecular flexibility index (Phi) is 5.89. The minimum absolute atomic E-state index is 0.00900. The topological polar surface area (TPSA) is 77.2 Å². The Hall–Kier alpha value is -2.11. The maximum absolute atomic E-state index is 12.4. The van der Waals surface area contributed by atoms with Gasteiger partial charge < -0.3 is 15.8 Å². The van der Waals surface area contributed by atoms with E-state index in [0.29, 0.717) is 29.6 Å². The average Bonchev–Trinajstić information content (AvgIpc) is 3.11. The number of nitrogens with two attached hydrogens (primary N) is 1. The number of ether oxygens (including phenoxy) is 1. The van der Waals surface area contributed by atoms with Crippen molar-refractivity contribution >= 4 is 23.2 Å². The molecule has 6 heteroatoms. The molecule has 2 atom stereocenters. The van der Waals surface area contributed by atoms with Crippen LogP contribution in [0.2, 0.25) is 5.02 Å². The van der Waals surface area contributed by atoms with Crippen molar-refractivity contribution in [1.29, 1.82) is 0 Å². The van der Waals surface area contributed by atoms with E-state index in [2.05, 4.69) is 10.3 Å². The summed E-state index contributed by atoms with van der Waals surface area (Å²) in [4.78, 5) is 16.5. The van der Waals surface area contributed by atoms with Crippen molar-refractivity contribution in [3.8, 4) is 5.75 Å². The number of benzene rings is 1. The molecule has 3 N–H and O–H groups in total. The number of nitrogens with zero attached hydrogens (tertiary/aromatic N) is 1. The van der Waals surface area contributed by atoms with E-state index < -0.39 is 0 Å². The van der Waals surface area contributed by atoms with Crippen molar-refractivity contribution in [2.75, 3.05) is 11.9 Å². The number of halogens is 1. The van der Waals surface area contributed by atoms with E-state index in [4.69, 9.17) is 22.1 Å². The summed E-state index contributed by atoms with van der Waals surface area (Å²) in [5.74, 6) is 0.861. The molecule has 25 heavy (non-hydrogen) atoms. The average molecular weight is 360 g/mol. The summed E-state index contributed by atoms with van der Waals surface area (Å²) in [5, 5.41) is 3.41. The predicted octanol–water partition coefficient (Wildman–Crippen LogP) is 3.63. The van der Waals surface area contributed by atoms with Crippen LogP contribution in [0.3, 0.4) is 0 Å². The molecular formula is C19H22ClN3O2. The van der Waals surface area contributed by atoms with E-state index in [-0.39, 0.29) is 17.7 Å². The van der Waals surface area contributed by atoms with E-state index in [9.17, 15) is 4.79 Å². The van der Waals surface area contributed by atoms with E-state index in [1.54, 1.807) is 30.6 Å². The van der Waals surface area contributed by atoms with Gasteiger partial charge in [0, 0.05) is 29.6 Å². The Morgan fingerprint density at radius 2 is 2.24 bits per heavy atom. The fourth-order valence-corrected chi connectivity index (χ4v) is 3.47. The molecule has 1 saturated carbocycles. The molecule has 132 valence electrons. The highest BCUT2D eigenvalue weighted by molar-refractivity contribution is 6.32. The molecule has 0 saturated heterocycles. The molecule has 1 heterocycles. The van der Waals surface area contributed by atoms with Crippen LogP contribution in [0.1, 0.15) is 24.8 Å². The molecule has 1 aromatic carbocycles. The lowest BCUT2D eigenvalue weighted by molar-refractivity contribution is -0.120. The fourth-order valence-electron chi connectivity index (χ4n) is 3.24. The molecule has 1 aliphatic carbocycles. The second kappa shape index (κ2) is 8.32. The Balaban J connectivity index is 1.60. The number of anilines is 1. The minimum atomic E-state index is -0.00900. The van der Waals surface area contributed by atoms with Crippen molar-refractivity contribution in [3.05, 3.63) is 53.3 Å². The van der Waals surface area contributed by atoms with Crippen molar-refractivity contribution in [2.45, 2.75) is 25.9 Å². The van der Waals surface area contributed by atoms with Crippen molar-refractivity contribution in [3.63, 3.8) is 0 Å². The lowest BCUT2D eigenvalue weighted by atomic mass is 9.95. The fraction of sp³-hybridized carbons (Fsp3) is 0.368. The molecule has 0 radical (unpaired) electrons. The molecule has 0 spiro atoms. The molecule has 1 aliphatic rings. The molecule has 1 fully saturated rings. The van der Waals surface area contributed by atoms with Crippen LogP contribution in [0.25, 0.3) is 0 Å². The number of rotatable bonds is 6. The van der Waals surface area contributed by atoms with Gasteiger partial charge in [-0.25, -0.2) is 0 Å². The molecule has 2 aromatic rings. The van der Waals surface area contributed by atoms with Gasteiger partial charge in [0.1, 0.15) is 12.4 Å². The number of amides is 1. The Bertz CT molecular complexity index is 724. The van der Waals surface area contributed by atoms with Gasteiger partial charge in [0.15, 0.2) is 0 Å². The molecule has 3 rings (SSSR count). The van der Waals surface area contributed by atoms with Gasteiger partial charge in [-0.05, 0) is 49.6 Å². The maximum Gasteiger partial charge on any atom is 0.227 e. The third-order valence-corrected chi connectivity index (χ3v) is 4.91. The molecular weight excluding hydrogens is 338 g/mol. The van der Waals surface area contributed by atoms with Gasteiger partial charge in [0.2, 0.25) is 5.91 Å². The Morgan fingerprint density at radius 3 is 2.96 bits per heavy atom. The van der Waals surface area contributed by atoms with Gasteiger partial charge in [-0.3, -0.25) is 9.78 Å². The van der Waals surface area contributed by atoms with Crippen LogP contribution in [0, 0.1) is 11.8 Å². The maximum atomic E-state index is 12.4. The number of hydrogen-bond acceptors (Lipinski definition) is 4. The van der Waals surface area contributed by atoms with Crippen molar-refractivity contribution in [1.82, 2.24) is 4.98 Å². The summed E-state index contributed by atoms with van der Waals surface area (Å²) < 4.78 is 5.72. The van der Waals surface area contributed by atoms with Crippen LogP contribution in [0.4, 0.5) is 5.69 Å². The lowest BCUT2D eigenvalue weighted by Crippen LogP contribution is -2.29. The second-order valence-corrected chi connectivity index (χ2v) is 6.72. The van der Waals surface area contributed by atoms with Gasteiger partial charge in [-0.1, -0.05) is 24.1 Å². The summed E-state index contributed by atoms with van der Waals surface area (Å²) >= 11 is 6.28. The van der Waals surface area contributed by atoms with Crippen LogP contribution in [-0.4, -0.2) is 17.4 Å². The van der Waals surface area contributed by atoms with E-state index >= 15 is 0 Å². The van der Waals surface area contributed by atoms with E-state index in [1.807, 2.05) is 12.1 Å². The van der Waals surface area contributed by atoms with Crippen molar-refractivity contribution in [2.24, 2.45) is 17.6 Å². The highest BCUT2D eigenvalue weighted by atomic mass is 35.5. The zero-order valence-corrected chi connectivity index (χ0v) is 14.7. The molecule has 0 bridgehead atoms. The van der Waals surface area contributed by atoms with Crippen molar-refractivity contribution < 1.29 is 9.53 Å². The van der Waals surface area contributed by atoms with E-state index in [1.165, 1.54) is 0 Å². The third-order valence-electron chi connectivity index (χ3n) is 4.62. The summed E-state index contributed by atoms with van der Waals surface area (Å²) in [6.45, 7) is 0.944. The van der Waals surface area contributed by atoms with Crippen LogP contribution >= 0.6 is 11.6 Å². The summed E-state index contributed by atoms with van der Waals surface area (Å²) in [6.07, 6.45) is 6.44. The molecule has 1 aromatic heterocycles. The normalized spacial score (nSPS) is 19.6. The standard InChI is InChI=1S/C19H22ClN3O2/c20-17-9-15(23-19(24)16-5-1-4-14(16)10-21)6-7-18(17)25-12-13-3-2-8-22-11-13/h2-3,6-9,11,14,16H,1,4-5,10,12,21H2,(H,23,24)/t14-,16-/m1/s1. The number of aromatic nitrogens is 1. The van der Waals surface area contributed by atoms with E-state index in [0.717, 1.165) is 24.8 Å². The first-order valence-corrected chi connectivity index (χ1v) is 8.87. The van der Waals surface area contributed by atoms with Gasteiger partial charge in [-0.15, -0.1) is 0 Å². The first-order chi connectivity index (χ1) is 12.2. The zero-order valence-electron chi connectivity index (χ0n) is 14.0. The highest BCUT2D eigenvalue weighted by Crippen LogP contribution is 2.33. The van der Waals surface area contributed by atoms with Gasteiger partial charge in [0.05, 0.1) is 5.02 Å². The molecule has 1 amide bonds. The monoisotopic (exact) mass is 359 g/mol. The number of hydrogen-bond donors (Lipinski definition) is 2. The quantitative estimate of drug-likeness (QED) is 0.825. The van der Waals surface area contributed by atoms with Crippen LogP contribution in [0.15, 0.2) is 42.7 Å². The first-order valence-electron chi connectivity index (χ1n) is 8.49. The first kappa shape index (κ1) is 17.7. The summed E-state index contributed by atoms with van der Waals surface area (Å²) in [5.41, 5.74) is 7.39. The Morgan fingerprint density at radius 1 is 1.36 bits per heavy atom. The van der Waals surface area contributed by atoms with Crippen LogP contribution < -0.4 is 15.8 Å². The van der Waals surface area contributed by atoms with Gasteiger partial charge in [0.25, 0.3) is 0 Å². The largest absolute Gasteiger partial charge is 0.487 e. The minimum Gasteiger partial charge on any atom is -0.487 e. The van der Waals surface area contributed by atoms with Gasteiger partial charge >= 0.3 is 0 Å². The summed E-state index contributed by atoms with van der Waals surface area (Å²) in [7, 11) is 0. The zero-order chi connectivity index (χ0) is 17.6. The molecule has 5 nitrogen and oxygen atoms in total. The number of pyridine rings is 1. The van der Waals surface area contributed by atoms with Gasteiger partial charge in [-0.2, -0.15) is 0 Å². The van der Waals surface area contributed by atoms with Crippen LogP contribution in [0.5, 0.6) is 5.75 Å². The second-order valence-electron chi connectivity index (χ2n) is 6.32.